The second-order valence-corrected chi connectivity index (χ2v) is 5.34. The van der Waals surface area contributed by atoms with Gasteiger partial charge in [-0.1, -0.05) is 32.0 Å². The molecule has 22 heavy (non-hydrogen) atoms. The van der Waals surface area contributed by atoms with Crippen LogP contribution in [0.2, 0.25) is 0 Å². The Kier molecular flexibility index (Phi) is 5.53. The third-order valence-electron chi connectivity index (χ3n) is 3.27. The molecule has 2 rings (SSSR count). The predicted molar refractivity (Wildman–Crippen MR) is 84.8 cm³/mol. The molecule has 0 fully saturated rings. The van der Waals surface area contributed by atoms with Crippen molar-refractivity contribution in [2.75, 3.05) is 13.2 Å². The van der Waals surface area contributed by atoms with Crippen molar-refractivity contribution in [2.24, 2.45) is 0 Å². The predicted octanol–water partition coefficient (Wildman–Crippen LogP) is 3.76. The number of carbonyl (C=O) groups is 1. The molecule has 3 nitrogen and oxygen atoms in total. The van der Waals surface area contributed by atoms with Gasteiger partial charge in [-0.2, -0.15) is 0 Å². The van der Waals surface area contributed by atoms with Gasteiger partial charge in [0.05, 0.1) is 6.54 Å². The summed E-state index contributed by atoms with van der Waals surface area (Å²) in [4.78, 5) is 11.8. The van der Waals surface area contributed by atoms with Gasteiger partial charge in [-0.3, -0.25) is 4.79 Å². The van der Waals surface area contributed by atoms with E-state index in [9.17, 15) is 9.18 Å². The average molecular weight is 301 g/mol. The van der Waals surface area contributed by atoms with Crippen molar-refractivity contribution < 1.29 is 13.9 Å². The topological polar surface area (TPSA) is 38.3 Å². The minimum Gasteiger partial charge on any atom is -0.492 e. The summed E-state index contributed by atoms with van der Waals surface area (Å²) in [6.45, 7) is 4.97. The highest BCUT2D eigenvalue weighted by molar-refractivity contribution is 5.94. The molecule has 0 spiro atoms. The Morgan fingerprint density at radius 1 is 1.18 bits per heavy atom. The van der Waals surface area contributed by atoms with Crippen LogP contribution in [0.25, 0.3) is 0 Å². The molecule has 0 atom stereocenters. The van der Waals surface area contributed by atoms with Crippen LogP contribution >= 0.6 is 0 Å². The third kappa shape index (κ3) is 4.58. The number of benzene rings is 2. The molecule has 0 aliphatic rings. The molecule has 0 aromatic heterocycles. The van der Waals surface area contributed by atoms with Crippen molar-refractivity contribution in [2.45, 2.75) is 19.8 Å². The SMILES string of the molecule is CC(C)c1cccc(OCCNC(=O)c2cccc(F)c2)c1. The van der Waals surface area contributed by atoms with Crippen molar-refractivity contribution in [3.05, 3.63) is 65.5 Å². The lowest BCUT2D eigenvalue weighted by Crippen LogP contribution is -2.28. The number of carbonyl (C=O) groups excluding carboxylic acids is 1. The van der Waals surface area contributed by atoms with E-state index in [1.165, 1.54) is 23.8 Å². The van der Waals surface area contributed by atoms with Crippen molar-refractivity contribution in [3.63, 3.8) is 0 Å². The fourth-order valence-corrected chi connectivity index (χ4v) is 2.03. The fraction of sp³-hybridized carbons (Fsp3) is 0.278. The number of rotatable bonds is 6. The molecule has 4 heteroatoms. The standard InChI is InChI=1S/C18H20FNO2/c1-13(2)14-5-4-8-17(12-14)22-10-9-20-18(21)15-6-3-7-16(19)11-15/h3-8,11-13H,9-10H2,1-2H3,(H,20,21). The number of hydrogen-bond donors (Lipinski definition) is 1. The van der Waals surface area contributed by atoms with Crippen molar-refractivity contribution in [1.82, 2.24) is 5.32 Å². The van der Waals surface area contributed by atoms with Gasteiger partial charge in [-0.25, -0.2) is 4.39 Å². The van der Waals surface area contributed by atoms with Crippen LogP contribution in [-0.2, 0) is 0 Å². The maximum absolute atomic E-state index is 13.0. The van der Waals surface area contributed by atoms with Crippen LogP contribution in [0.5, 0.6) is 5.75 Å². The summed E-state index contributed by atoms with van der Waals surface area (Å²) in [5, 5.41) is 2.70. The highest BCUT2D eigenvalue weighted by Crippen LogP contribution is 2.19. The maximum Gasteiger partial charge on any atom is 0.251 e. The van der Waals surface area contributed by atoms with E-state index in [4.69, 9.17) is 4.74 Å². The molecule has 2 aromatic carbocycles. The average Bonchev–Trinajstić information content (AvgIpc) is 2.51. The third-order valence-corrected chi connectivity index (χ3v) is 3.27. The molecular formula is C18H20FNO2. The number of nitrogens with one attached hydrogen (secondary N) is 1. The second kappa shape index (κ2) is 7.59. The van der Waals surface area contributed by atoms with E-state index >= 15 is 0 Å². The molecule has 2 aromatic rings. The Balaban J connectivity index is 1.80. The smallest absolute Gasteiger partial charge is 0.251 e. The molecule has 0 unspecified atom stereocenters. The summed E-state index contributed by atoms with van der Waals surface area (Å²) in [7, 11) is 0. The van der Waals surface area contributed by atoms with E-state index in [2.05, 4.69) is 25.2 Å². The molecule has 0 heterocycles. The fourth-order valence-electron chi connectivity index (χ4n) is 2.03. The van der Waals surface area contributed by atoms with E-state index in [1.54, 1.807) is 6.07 Å². The lowest BCUT2D eigenvalue weighted by molar-refractivity contribution is 0.0946. The monoisotopic (exact) mass is 301 g/mol. The molecule has 0 radical (unpaired) electrons. The molecule has 0 saturated heterocycles. The number of halogens is 1. The lowest BCUT2D eigenvalue weighted by Gasteiger charge is -2.10. The highest BCUT2D eigenvalue weighted by Gasteiger charge is 2.06. The van der Waals surface area contributed by atoms with E-state index < -0.39 is 5.82 Å². The largest absolute Gasteiger partial charge is 0.492 e. The zero-order valence-electron chi connectivity index (χ0n) is 12.8. The first-order chi connectivity index (χ1) is 10.6. The number of hydrogen-bond acceptors (Lipinski definition) is 2. The quantitative estimate of drug-likeness (QED) is 0.825. The molecule has 0 bridgehead atoms. The van der Waals surface area contributed by atoms with Crippen LogP contribution in [0.1, 0.15) is 35.7 Å². The van der Waals surface area contributed by atoms with Gasteiger partial charge in [0.25, 0.3) is 5.91 Å². The van der Waals surface area contributed by atoms with Crippen LogP contribution in [0.15, 0.2) is 48.5 Å². The van der Waals surface area contributed by atoms with Gasteiger partial charge < -0.3 is 10.1 Å². The second-order valence-electron chi connectivity index (χ2n) is 5.34. The van der Waals surface area contributed by atoms with E-state index in [-0.39, 0.29) is 5.91 Å². The zero-order chi connectivity index (χ0) is 15.9. The summed E-state index contributed by atoms with van der Waals surface area (Å²) in [6, 6.07) is 13.5. The Morgan fingerprint density at radius 3 is 2.68 bits per heavy atom. The first-order valence-corrected chi connectivity index (χ1v) is 7.33. The van der Waals surface area contributed by atoms with Crippen molar-refractivity contribution >= 4 is 5.91 Å². The van der Waals surface area contributed by atoms with Gasteiger partial charge in [-0.05, 0) is 41.8 Å². The van der Waals surface area contributed by atoms with Gasteiger partial charge in [0, 0.05) is 5.56 Å². The molecule has 1 N–H and O–H groups in total. The Labute approximate surface area is 130 Å². The summed E-state index contributed by atoms with van der Waals surface area (Å²) in [6.07, 6.45) is 0. The summed E-state index contributed by atoms with van der Waals surface area (Å²) in [5.74, 6) is 0.496. The van der Waals surface area contributed by atoms with E-state index in [0.717, 1.165) is 5.75 Å². The minimum atomic E-state index is -0.422. The summed E-state index contributed by atoms with van der Waals surface area (Å²) < 4.78 is 18.7. The first-order valence-electron chi connectivity index (χ1n) is 7.33. The van der Waals surface area contributed by atoms with Gasteiger partial charge in [0.1, 0.15) is 18.2 Å². The van der Waals surface area contributed by atoms with Crippen LogP contribution in [-0.4, -0.2) is 19.1 Å². The van der Waals surface area contributed by atoms with E-state index in [0.29, 0.717) is 24.6 Å². The minimum absolute atomic E-state index is 0.306. The van der Waals surface area contributed by atoms with Crippen molar-refractivity contribution in [1.29, 1.82) is 0 Å². The van der Waals surface area contributed by atoms with Crippen LogP contribution < -0.4 is 10.1 Å². The summed E-state index contributed by atoms with van der Waals surface area (Å²) in [5.41, 5.74) is 1.52. The van der Waals surface area contributed by atoms with E-state index in [1.807, 2.05) is 18.2 Å². The molecule has 116 valence electrons. The zero-order valence-corrected chi connectivity index (χ0v) is 12.8. The van der Waals surface area contributed by atoms with Gasteiger partial charge in [0.15, 0.2) is 0 Å². The molecule has 0 saturated carbocycles. The molecule has 0 aliphatic carbocycles. The van der Waals surface area contributed by atoms with Crippen LogP contribution in [0.3, 0.4) is 0 Å². The number of ether oxygens (including phenoxy) is 1. The normalized spacial score (nSPS) is 10.5. The highest BCUT2D eigenvalue weighted by atomic mass is 19.1. The molecule has 1 amide bonds. The molecule has 0 aliphatic heterocycles. The van der Waals surface area contributed by atoms with Gasteiger partial charge in [0.2, 0.25) is 0 Å². The van der Waals surface area contributed by atoms with Crippen molar-refractivity contribution in [3.8, 4) is 5.75 Å². The van der Waals surface area contributed by atoms with Gasteiger partial charge >= 0.3 is 0 Å². The Hall–Kier alpha value is -2.36. The number of amides is 1. The Bertz CT molecular complexity index is 640. The Morgan fingerprint density at radius 2 is 1.95 bits per heavy atom. The van der Waals surface area contributed by atoms with Crippen LogP contribution in [0, 0.1) is 5.82 Å². The molecular weight excluding hydrogens is 281 g/mol. The summed E-state index contributed by atoms with van der Waals surface area (Å²) >= 11 is 0. The maximum atomic E-state index is 13.0. The van der Waals surface area contributed by atoms with Gasteiger partial charge in [-0.15, -0.1) is 0 Å². The van der Waals surface area contributed by atoms with Crippen LogP contribution in [0.4, 0.5) is 4.39 Å². The first kappa shape index (κ1) is 16.0. The lowest BCUT2D eigenvalue weighted by atomic mass is 10.0.